The zero-order chi connectivity index (χ0) is 27.2. The lowest BCUT2D eigenvalue weighted by atomic mass is 9.74. The van der Waals surface area contributed by atoms with Crippen molar-refractivity contribution in [2.75, 3.05) is 44.7 Å². The molecule has 1 saturated heterocycles. The van der Waals surface area contributed by atoms with Crippen molar-refractivity contribution in [3.8, 4) is 11.1 Å². The van der Waals surface area contributed by atoms with E-state index in [2.05, 4.69) is 9.80 Å². The van der Waals surface area contributed by atoms with E-state index in [-0.39, 0.29) is 11.5 Å². The molecule has 7 heteroatoms. The third-order valence-electron chi connectivity index (χ3n) is 7.71. The van der Waals surface area contributed by atoms with E-state index in [0.717, 1.165) is 56.5 Å². The Kier molecular flexibility index (Phi) is 8.77. The van der Waals surface area contributed by atoms with Crippen LogP contribution in [-0.2, 0) is 21.1 Å². The molecule has 1 aliphatic heterocycles. The van der Waals surface area contributed by atoms with E-state index < -0.39 is 17.2 Å². The lowest BCUT2D eigenvalue weighted by Gasteiger charge is -2.37. The fourth-order valence-corrected chi connectivity index (χ4v) is 5.53. The molecule has 0 aromatic heterocycles. The first kappa shape index (κ1) is 27.7. The SMILES string of the molecule is CCC(CCCN1CCN(c2cccc(-c3ccccc3C(F)(F)F)c2)CC1)(C(=O)OC)c1ccccc1. The van der Waals surface area contributed by atoms with Gasteiger partial charge in [0.05, 0.1) is 18.1 Å². The summed E-state index contributed by atoms with van der Waals surface area (Å²) in [5.74, 6) is -0.192. The van der Waals surface area contributed by atoms with Crippen LogP contribution in [0, 0.1) is 0 Å². The second-order valence-electron chi connectivity index (χ2n) is 9.82. The van der Waals surface area contributed by atoms with Crippen LogP contribution in [0.15, 0.2) is 78.9 Å². The number of ether oxygens (including phenoxy) is 1. The molecule has 38 heavy (non-hydrogen) atoms. The molecule has 3 aromatic carbocycles. The Balaban J connectivity index is 1.38. The zero-order valence-corrected chi connectivity index (χ0v) is 22.0. The van der Waals surface area contributed by atoms with Crippen LogP contribution in [0.2, 0.25) is 0 Å². The van der Waals surface area contributed by atoms with Crippen molar-refractivity contribution in [2.45, 2.75) is 37.8 Å². The maximum Gasteiger partial charge on any atom is 0.417 e. The number of piperazine rings is 1. The van der Waals surface area contributed by atoms with Gasteiger partial charge in [0.25, 0.3) is 0 Å². The molecule has 3 aromatic rings. The molecule has 0 aliphatic carbocycles. The van der Waals surface area contributed by atoms with Crippen molar-refractivity contribution < 1.29 is 22.7 Å². The zero-order valence-electron chi connectivity index (χ0n) is 22.0. The number of rotatable bonds is 9. The normalized spacial score (nSPS) is 16.2. The topological polar surface area (TPSA) is 32.8 Å². The van der Waals surface area contributed by atoms with E-state index in [9.17, 15) is 18.0 Å². The highest BCUT2D eigenvalue weighted by atomic mass is 19.4. The lowest BCUT2D eigenvalue weighted by Crippen LogP contribution is -2.47. The number of methoxy groups -OCH3 is 1. The first-order valence-corrected chi connectivity index (χ1v) is 13.2. The van der Waals surface area contributed by atoms with Gasteiger partial charge in [-0.2, -0.15) is 13.2 Å². The Morgan fingerprint density at radius 3 is 2.24 bits per heavy atom. The van der Waals surface area contributed by atoms with Crippen LogP contribution in [0.4, 0.5) is 18.9 Å². The van der Waals surface area contributed by atoms with Gasteiger partial charge in [-0.25, -0.2) is 0 Å². The number of halogens is 3. The number of carbonyl (C=O) groups is 1. The molecule has 0 radical (unpaired) electrons. The number of alkyl halides is 3. The number of esters is 1. The summed E-state index contributed by atoms with van der Waals surface area (Å²) in [6.45, 7) is 6.19. The Hall–Kier alpha value is -3.32. The molecule has 1 unspecified atom stereocenters. The highest BCUT2D eigenvalue weighted by Gasteiger charge is 2.39. The Morgan fingerprint density at radius 1 is 0.895 bits per heavy atom. The molecular weight excluding hydrogens is 489 g/mol. The quantitative estimate of drug-likeness (QED) is 0.289. The number of hydrogen-bond donors (Lipinski definition) is 0. The van der Waals surface area contributed by atoms with Crippen molar-refractivity contribution in [1.82, 2.24) is 4.90 Å². The van der Waals surface area contributed by atoms with Crippen LogP contribution in [0.1, 0.15) is 37.3 Å². The molecular formula is C31H35F3N2O2. The summed E-state index contributed by atoms with van der Waals surface area (Å²) in [6, 6.07) is 23.0. The molecule has 0 amide bonds. The largest absolute Gasteiger partial charge is 0.468 e. The van der Waals surface area contributed by atoms with Crippen molar-refractivity contribution in [3.63, 3.8) is 0 Å². The highest BCUT2D eigenvalue weighted by molar-refractivity contribution is 5.83. The van der Waals surface area contributed by atoms with Crippen LogP contribution in [-0.4, -0.2) is 50.7 Å². The summed E-state index contributed by atoms with van der Waals surface area (Å²) >= 11 is 0. The van der Waals surface area contributed by atoms with Crippen LogP contribution in [0.3, 0.4) is 0 Å². The first-order chi connectivity index (χ1) is 18.3. The Morgan fingerprint density at radius 2 is 1.58 bits per heavy atom. The number of carbonyl (C=O) groups excluding carboxylic acids is 1. The summed E-state index contributed by atoms with van der Waals surface area (Å²) in [6.07, 6.45) is -2.16. The van der Waals surface area contributed by atoms with Gasteiger partial charge in [0, 0.05) is 31.9 Å². The monoisotopic (exact) mass is 524 g/mol. The van der Waals surface area contributed by atoms with Gasteiger partial charge < -0.3 is 9.64 Å². The first-order valence-electron chi connectivity index (χ1n) is 13.2. The van der Waals surface area contributed by atoms with Crippen LogP contribution >= 0.6 is 0 Å². The van der Waals surface area contributed by atoms with Crippen molar-refractivity contribution in [2.24, 2.45) is 0 Å². The van der Waals surface area contributed by atoms with Crippen LogP contribution in [0.5, 0.6) is 0 Å². The van der Waals surface area contributed by atoms with Crippen molar-refractivity contribution in [1.29, 1.82) is 0 Å². The maximum atomic E-state index is 13.5. The summed E-state index contributed by atoms with van der Waals surface area (Å²) < 4.78 is 45.9. The van der Waals surface area contributed by atoms with Crippen molar-refractivity contribution in [3.05, 3.63) is 90.0 Å². The average molecular weight is 525 g/mol. The summed E-state index contributed by atoms with van der Waals surface area (Å²) in [5, 5.41) is 0. The minimum Gasteiger partial charge on any atom is -0.468 e. The molecule has 202 valence electrons. The van der Waals surface area contributed by atoms with E-state index in [1.807, 2.05) is 55.5 Å². The van der Waals surface area contributed by atoms with Crippen LogP contribution in [0.25, 0.3) is 11.1 Å². The van der Waals surface area contributed by atoms with E-state index in [0.29, 0.717) is 18.4 Å². The van der Waals surface area contributed by atoms with Gasteiger partial charge >= 0.3 is 12.1 Å². The third kappa shape index (κ3) is 6.04. The van der Waals surface area contributed by atoms with E-state index in [1.54, 1.807) is 12.1 Å². The minimum atomic E-state index is -4.40. The smallest absolute Gasteiger partial charge is 0.417 e. The molecule has 4 nitrogen and oxygen atoms in total. The molecule has 1 atom stereocenters. The second kappa shape index (κ2) is 12.0. The fraction of sp³-hybridized carbons (Fsp3) is 0.387. The summed E-state index contributed by atoms with van der Waals surface area (Å²) in [4.78, 5) is 17.5. The number of nitrogens with zero attached hydrogens (tertiary/aromatic N) is 2. The van der Waals surface area contributed by atoms with Gasteiger partial charge in [-0.1, -0.05) is 67.6 Å². The Labute approximate surface area is 223 Å². The lowest BCUT2D eigenvalue weighted by molar-refractivity contribution is -0.148. The van der Waals surface area contributed by atoms with Crippen molar-refractivity contribution >= 4 is 11.7 Å². The van der Waals surface area contributed by atoms with Gasteiger partial charge in [0.1, 0.15) is 0 Å². The second-order valence-corrected chi connectivity index (χ2v) is 9.82. The number of anilines is 1. The van der Waals surface area contributed by atoms with Gasteiger partial charge in [-0.3, -0.25) is 9.69 Å². The molecule has 0 N–H and O–H groups in total. The molecule has 4 rings (SSSR count). The molecule has 0 saturated carbocycles. The number of benzene rings is 3. The van der Waals surface area contributed by atoms with Gasteiger partial charge in [-0.15, -0.1) is 0 Å². The standard InChI is InChI=1S/C31H35F3N2O2/c1-3-30(29(37)38-2,25-12-5-4-6-13-25)17-10-18-35-19-21-36(22-20-35)26-14-9-11-24(23-26)27-15-7-8-16-28(27)31(32,33)34/h4-9,11-16,23H,3,10,17-22H2,1-2H3. The highest BCUT2D eigenvalue weighted by Crippen LogP contribution is 2.38. The molecule has 0 spiro atoms. The van der Waals surface area contributed by atoms with Gasteiger partial charge in [0.15, 0.2) is 0 Å². The van der Waals surface area contributed by atoms with E-state index in [4.69, 9.17) is 4.74 Å². The summed E-state index contributed by atoms with van der Waals surface area (Å²) in [7, 11) is 1.45. The predicted molar refractivity (Wildman–Crippen MR) is 145 cm³/mol. The molecule has 1 heterocycles. The molecule has 0 bridgehead atoms. The van der Waals surface area contributed by atoms with E-state index in [1.165, 1.54) is 19.2 Å². The number of hydrogen-bond acceptors (Lipinski definition) is 4. The van der Waals surface area contributed by atoms with E-state index >= 15 is 0 Å². The Bertz CT molecular complexity index is 1210. The van der Waals surface area contributed by atoms with Gasteiger partial charge in [0.2, 0.25) is 0 Å². The third-order valence-corrected chi connectivity index (χ3v) is 7.71. The maximum absolute atomic E-state index is 13.5. The minimum absolute atomic E-state index is 0.192. The fourth-order valence-electron chi connectivity index (χ4n) is 5.53. The summed E-state index contributed by atoms with van der Waals surface area (Å²) in [5.41, 5.74) is 1.42. The predicted octanol–water partition coefficient (Wildman–Crippen LogP) is 6.80. The van der Waals surface area contributed by atoms with Gasteiger partial charge in [-0.05, 0) is 60.7 Å². The van der Waals surface area contributed by atoms with Crippen LogP contribution < -0.4 is 4.90 Å². The molecule has 1 fully saturated rings. The molecule has 1 aliphatic rings. The average Bonchev–Trinajstić information content (AvgIpc) is 2.95.